The van der Waals surface area contributed by atoms with E-state index in [2.05, 4.69) is 73.0 Å². The summed E-state index contributed by atoms with van der Waals surface area (Å²) in [4.78, 5) is 0. The van der Waals surface area contributed by atoms with Crippen LogP contribution in [0.25, 0.3) is 0 Å². The molecule has 1 nitrogen and oxygen atoms in total. The van der Waals surface area contributed by atoms with Crippen LogP contribution >= 0.6 is 23.5 Å². The van der Waals surface area contributed by atoms with E-state index in [1.807, 2.05) is 0 Å². The van der Waals surface area contributed by atoms with E-state index in [4.69, 9.17) is 0 Å². The Morgan fingerprint density at radius 2 is 1.95 bits per heavy atom. The summed E-state index contributed by atoms with van der Waals surface area (Å²) in [6.07, 6.45) is 1.37. The van der Waals surface area contributed by atoms with Crippen molar-refractivity contribution in [1.29, 1.82) is 0 Å². The Balaban J connectivity index is 1.69. The molecule has 2 fully saturated rings. The van der Waals surface area contributed by atoms with Gasteiger partial charge in [-0.05, 0) is 30.4 Å². The van der Waals surface area contributed by atoms with E-state index < -0.39 is 0 Å². The number of rotatable bonds is 5. The topological polar surface area (TPSA) is 12.0 Å². The van der Waals surface area contributed by atoms with Gasteiger partial charge in [-0.3, -0.25) is 0 Å². The zero-order valence-corrected chi connectivity index (χ0v) is 14.1. The highest BCUT2D eigenvalue weighted by Crippen LogP contribution is 2.52. The molecule has 1 aromatic carbocycles. The number of hydrogen-bond acceptors (Lipinski definition) is 3. The first kappa shape index (κ1) is 14.8. The molecule has 2 aliphatic rings. The second-order valence-electron chi connectivity index (χ2n) is 5.91. The second kappa shape index (κ2) is 6.76. The molecule has 1 N–H and O–H groups in total. The van der Waals surface area contributed by atoms with Crippen molar-refractivity contribution in [3.63, 3.8) is 0 Å². The van der Waals surface area contributed by atoms with E-state index in [1.165, 1.54) is 17.9 Å². The van der Waals surface area contributed by atoms with Gasteiger partial charge < -0.3 is 5.32 Å². The first-order valence-corrected chi connectivity index (χ1v) is 9.92. The lowest BCUT2D eigenvalue weighted by atomic mass is 10.0. The van der Waals surface area contributed by atoms with Crippen LogP contribution in [0.2, 0.25) is 0 Å². The molecular weight excluding hydrogens is 282 g/mol. The first-order chi connectivity index (χ1) is 9.81. The molecule has 110 valence electrons. The minimum atomic E-state index is 0.693. The third-order valence-electron chi connectivity index (χ3n) is 4.56. The van der Waals surface area contributed by atoms with E-state index in [0.29, 0.717) is 6.04 Å². The molecule has 1 heterocycles. The zero-order chi connectivity index (χ0) is 13.9. The quantitative estimate of drug-likeness (QED) is 0.883. The van der Waals surface area contributed by atoms with Gasteiger partial charge in [-0.1, -0.05) is 44.2 Å². The van der Waals surface area contributed by atoms with E-state index in [1.54, 1.807) is 5.56 Å². The lowest BCUT2D eigenvalue weighted by molar-refractivity contribution is 0.448. The largest absolute Gasteiger partial charge is 0.313 e. The molecule has 0 aromatic heterocycles. The van der Waals surface area contributed by atoms with Crippen molar-refractivity contribution < 1.29 is 0 Å². The Morgan fingerprint density at radius 3 is 2.65 bits per heavy atom. The maximum atomic E-state index is 3.81. The van der Waals surface area contributed by atoms with Gasteiger partial charge in [0, 0.05) is 28.0 Å². The third-order valence-corrected chi connectivity index (χ3v) is 7.78. The van der Waals surface area contributed by atoms with E-state index in [9.17, 15) is 0 Å². The molecule has 0 radical (unpaired) electrons. The predicted octanol–water partition coefficient (Wildman–Crippen LogP) is 4.01. The van der Waals surface area contributed by atoms with Crippen molar-refractivity contribution in [2.45, 2.75) is 42.7 Å². The molecule has 5 unspecified atom stereocenters. The minimum absolute atomic E-state index is 0.693. The van der Waals surface area contributed by atoms with Crippen molar-refractivity contribution >= 4 is 23.5 Å². The smallest absolute Gasteiger partial charge is 0.0320 e. The lowest BCUT2D eigenvalue weighted by Gasteiger charge is -2.35. The molecule has 1 saturated carbocycles. The van der Waals surface area contributed by atoms with Crippen LogP contribution in [-0.4, -0.2) is 34.6 Å². The van der Waals surface area contributed by atoms with Crippen molar-refractivity contribution in [3.8, 4) is 0 Å². The summed E-state index contributed by atoms with van der Waals surface area (Å²) < 4.78 is 0. The SMILES string of the molecule is CCNC(C1CC1c1ccccc1)C1SCCSC1C. The van der Waals surface area contributed by atoms with Gasteiger partial charge in [0.25, 0.3) is 0 Å². The molecule has 1 aliphatic heterocycles. The maximum Gasteiger partial charge on any atom is 0.0320 e. The van der Waals surface area contributed by atoms with Gasteiger partial charge in [0.15, 0.2) is 0 Å². The average Bonchev–Trinajstić information content (AvgIpc) is 3.27. The number of nitrogens with one attached hydrogen (secondary N) is 1. The molecule has 0 spiro atoms. The van der Waals surface area contributed by atoms with Gasteiger partial charge in [0.2, 0.25) is 0 Å². The Bertz CT molecular complexity index is 422. The normalized spacial score (nSPS) is 34.7. The summed E-state index contributed by atoms with van der Waals surface area (Å²) in [7, 11) is 0. The summed E-state index contributed by atoms with van der Waals surface area (Å²) in [6, 6.07) is 11.8. The Hall–Kier alpha value is -0.120. The Morgan fingerprint density at radius 1 is 1.20 bits per heavy atom. The summed E-state index contributed by atoms with van der Waals surface area (Å²) in [6.45, 7) is 5.76. The maximum absolute atomic E-state index is 3.81. The molecule has 3 heteroatoms. The van der Waals surface area contributed by atoms with Crippen LogP contribution in [0.15, 0.2) is 30.3 Å². The van der Waals surface area contributed by atoms with Crippen molar-refractivity contribution in [2.24, 2.45) is 5.92 Å². The van der Waals surface area contributed by atoms with Crippen LogP contribution < -0.4 is 5.32 Å². The average molecular weight is 308 g/mol. The van der Waals surface area contributed by atoms with Gasteiger partial charge in [-0.2, -0.15) is 23.5 Å². The molecule has 0 bridgehead atoms. The van der Waals surface area contributed by atoms with Crippen LogP contribution in [-0.2, 0) is 0 Å². The van der Waals surface area contributed by atoms with Gasteiger partial charge in [-0.25, -0.2) is 0 Å². The second-order valence-corrected chi connectivity index (χ2v) is 8.68. The molecule has 1 saturated heterocycles. The van der Waals surface area contributed by atoms with Crippen molar-refractivity contribution in [2.75, 3.05) is 18.1 Å². The molecule has 1 aromatic rings. The van der Waals surface area contributed by atoms with E-state index in [-0.39, 0.29) is 0 Å². The number of thioether (sulfide) groups is 2. The van der Waals surface area contributed by atoms with Gasteiger partial charge in [0.1, 0.15) is 0 Å². The standard InChI is InChI=1S/C17H25NS2/c1-3-18-16(17-12(2)19-9-10-20-17)15-11-14(15)13-7-5-4-6-8-13/h4-8,12,14-18H,3,9-11H2,1-2H3. The molecule has 0 amide bonds. The molecule has 20 heavy (non-hydrogen) atoms. The molecule has 3 rings (SSSR count). The highest BCUT2D eigenvalue weighted by molar-refractivity contribution is 8.07. The molecule has 5 atom stereocenters. The summed E-state index contributed by atoms with van der Waals surface area (Å²) in [5.41, 5.74) is 1.54. The molecular formula is C17H25NS2. The van der Waals surface area contributed by atoms with Crippen LogP contribution in [0.1, 0.15) is 31.7 Å². The summed E-state index contributed by atoms with van der Waals surface area (Å²) in [5.74, 6) is 4.29. The Labute approximate surface area is 131 Å². The van der Waals surface area contributed by atoms with E-state index in [0.717, 1.165) is 28.9 Å². The van der Waals surface area contributed by atoms with Crippen LogP contribution in [0.4, 0.5) is 0 Å². The lowest BCUT2D eigenvalue weighted by Crippen LogP contribution is -2.46. The van der Waals surface area contributed by atoms with Gasteiger partial charge in [0.05, 0.1) is 0 Å². The molecule has 1 aliphatic carbocycles. The summed E-state index contributed by atoms with van der Waals surface area (Å²) in [5, 5.41) is 5.38. The van der Waals surface area contributed by atoms with Crippen LogP contribution in [0, 0.1) is 5.92 Å². The van der Waals surface area contributed by atoms with Gasteiger partial charge >= 0.3 is 0 Å². The fourth-order valence-corrected chi connectivity index (χ4v) is 6.51. The highest BCUT2D eigenvalue weighted by atomic mass is 32.2. The van der Waals surface area contributed by atoms with Crippen LogP contribution in [0.5, 0.6) is 0 Å². The number of benzene rings is 1. The predicted molar refractivity (Wildman–Crippen MR) is 92.9 cm³/mol. The first-order valence-electron chi connectivity index (χ1n) is 7.82. The van der Waals surface area contributed by atoms with Crippen LogP contribution in [0.3, 0.4) is 0 Å². The summed E-state index contributed by atoms with van der Waals surface area (Å²) >= 11 is 4.36. The third kappa shape index (κ3) is 3.20. The fraction of sp³-hybridized carbons (Fsp3) is 0.647. The van der Waals surface area contributed by atoms with Gasteiger partial charge in [-0.15, -0.1) is 0 Å². The number of hydrogen-bond donors (Lipinski definition) is 1. The van der Waals surface area contributed by atoms with E-state index >= 15 is 0 Å². The Kier molecular flexibility index (Phi) is 5.00. The van der Waals surface area contributed by atoms with Crippen molar-refractivity contribution in [1.82, 2.24) is 5.32 Å². The zero-order valence-electron chi connectivity index (χ0n) is 12.4. The van der Waals surface area contributed by atoms with Crippen molar-refractivity contribution in [3.05, 3.63) is 35.9 Å². The minimum Gasteiger partial charge on any atom is -0.313 e. The monoisotopic (exact) mass is 307 g/mol. The fourth-order valence-electron chi connectivity index (χ4n) is 3.49. The highest BCUT2D eigenvalue weighted by Gasteiger charge is 2.47.